The standard InChI is InChI=1S/C30H56NO12P/c1-3-5-7-8-9-10-11-12-13-14-16-17-21(32)19-24(34)31-22(23(33)18-15-6-4-2)20-42-44(40,41)43-30-28(38)26(36)25(35)27(37)29(30)39/h12-13,16-17,21-23,25-30,32-33,35-39H,3-11,14-15,18-20H2,1-2H3,(H,31,34)(H,40,41)/b13-12-,17-16-. The lowest BCUT2D eigenvalue weighted by Crippen LogP contribution is -2.64. The molecular weight excluding hydrogens is 597 g/mol. The van der Waals surface area contributed by atoms with Crippen LogP contribution in [0.15, 0.2) is 24.3 Å². The minimum absolute atomic E-state index is 0.239. The van der Waals surface area contributed by atoms with Crippen LogP contribution in [0.25, 0.3) is 0 Å². The van der Waals surface area contributed by atoms with E-state index in [0.29, 0.717) is 12.8 Å². The second-order valence-corrected chi connectivity index (χ2v) is 12.9. The first kappa shape index (κ1) is 40.8. The molecule has 14 heteroatoms. The summed E-state index contributed by atoms with van der Waals surface area (Å²) in [4.78, 5) is 22.8. The molecule has 0 aliphatic heterocycles. The topological polar surface area (TPSA) is 226 Å². The van der Waals surface area contributed by atoms with E-state index < -0.39 is 75.2 Å². The zero-order valence-corrected chi connectivity index (χ0v) is 27.0. The Morgan fingerprint density at radius 2 is 1.39 bits per heavy atom. The van der Waals surface area contributed by atoms with E-state index >= 15 is 0 Å². The highest BCUT2D eigenvalue weighted by atomic mass is 31.2. The fourth-order valence-corrected chi connectivity index (χ4v) is 5.80. The van der Waals surface area contributed by atoms with E-state index in [1.807, 2.05) is 13.0 Å². The molecule has 0 spiro atoms. The predicted octanol–water partition coefficient (Wildman–Crippen LogP) is 1.74. The molecule has 0 saturated heterocycles. The van der Waals surface area contributed by atoms with Gasteiger partial charge in [-0.2, -0.15) is 0 Å². The van der Waals surface area contributed by atoms with Crippen LogP contribution in [0.5, 0.6) is 0 Å². The maximum Gasteiger partial charge on any atom is 0.472 e. The Kier molecular flexibility index (Phi) is 20.7. The van der Waals surface area contributed by atoms with Crippen molar-refractivity contribution in [3.63, 3.8) is 0 Å². The normalized spacial score (nSPS) is 27.8. The fraction of sp³-hybridized carbons (Fsp3) is 0.833. The van der Waals surface area contributed by atoms with Crippen LogP contribution in [0.4, 0.5) is 0 Å². The number of aliphatic hydroxyl groups excluding tert-OH is 7. The number of nitrogens with one attached hydrogen (secondary N) is 1. The Hall–Kier alpha value is -1.22. The number of aliphatic hydroxyl groups is 7. The van der Waals surface area contributed by atoms with Crippen LogP contribution >= 0.6 is 7.82 Å². The number of carbonyl (C=O) groups excluding carboxylic acids is 1. The second-order valence-electron chi connectivity index (χ2n) is 11.5. The first-order valence-electron chi connectivity index (χ1n) is 15.9. The highest BCUT2D eigenvalue weighted by molar-refractivity contribution is 7.47. The quantitative estimate of drug-likeness (QED) is 0.0437. The second kappa shape index (κ2) is 22.3. The number of rotatable bonds is 23. The molecule has 1 aliphatic carbocycles. The maximum absolute atomic E-state index is 12.6. The molecule has 0 radical (unpaired) electrons. The van der Waals surface area contributed by atoms with Crippen molar-refractivity contribution in [1.29, 1.82) is 0 Å². The molecule has 1 aliphatic rings. The molecule has 0 aromatic rings. The van der Waals surface area contributed by atoms with Gasteiger partial charge in [-0.3, -0.25) is 13.8 Å². The van der Waals surface area contributed by atoms with Gasteiger partial charge in [0.15, 0.2) is 0 Å². The van der Waals surface area contributed by atoms with Crippen LogP contribution in [0.1, 0.15) is 97.3 Å². The van der Waals surface area contributed by atoms with Crippen molar-refractivity contribution in [2.24, 2.45) is 0 Å². The predicted molar refractivity (Wildman–Crippen MR) is 164 cm³/mol. The minimum atomic E-state index is -5.09. The Balaban J connectivity index is 2.65. The Morgan fingerprint density at radius 3 is 2.02 bits per heavy atom. The summed E-state index contributed by atoms with van der Waals surface area (Å²) in [5.74, 6) is -0.643. The van der Waals surface area contributed by atoms with E-state index in [0.717, 1.165) is 25.7 Å². The molecule has 44 heavy (non-hydrogen) atoms. The number of phosphoric ester groups is 1. The average Bonchev–Trinajstić information content (AvgIpc) is 2.98. The van der Waals surface area contributed by atoms with Crippen molar-refractivity contribution in [1.82, 2.24) is 5.32 Å². The van der Waals surface area contributed by atoms with Gasteiger partial charge in [0.25, 0.3) is 0 Å². The van der Waals surface area contributed by atoms with Crippen molar-refractivity contribution >= 4 is 13.7 Å². The number of hydrogen-bond donors (Lipinski definition) is 9. The summed E-state index contributed by atoms with van der Waals surface area (Å²) in [7, 11) is -5.09. The van der Waals surface area contributed by atoms with Gasteiger partial charge in [-0.15, -0.1) is 0 Å². The molecule has 1 fully saturated rings. The van der Waals surface area contributed by atoms with Crippen LogP contribution < -0.4 is 5.32 Å². The van der Waals surface area contributed by atoms with Gasteiger partial charge in [-0.25, -0.2) is 4.57 Å². The van der Waals surface area contributed by atoms with Crippen LogP contribution in [0.2, 0.25) is 0 Å². The third-order valence-electron chi connectivity index (χ3n) is 7.58. The van der Waals surface area contributed by atoms with Gasteiger partial charge in [0.1, 0.15) is 36.6 Å². The molecule has 258 valence electrons. The average molecular weight is 654 g/mol. The van der Waals surface area contributed by atoms with Crippen molar-refractivity contribution in [2.75, 3.05) is 6.61 Å². The van der Waals surface area contributed by atoms with E-state index in [1.165, 1.54) is 38.2 Å². The maximum atomic E-state index is 12.6. The number of unbranched alkanes of at least 4 members (excludes halogenated alkanes) is 8. The summed E-state index contributed by atoms with van der Waals surface area (Å²) >= 11 is 0. The minimum Gasteiger partial charge on any atom is -0.391 e. The van der Waals surface area contributed by atoms with Gasteiger partial charge >= 0.3 is 7.82 Å². The van der Waals surface area contributed by atoms with Gasteiger partial charge in [0, 0.05) is 0 Å². The molecule has 0 heterocycles. The van der Waals surface area contributed by atoms with Crippen molar-refractivity contribution in [2.45, 2.75) is 152 Å². The number of carbonyl (C=O) groups is 1. The lowest BCUT2D eigenvalue weighted by Gasteiger charge is -2.41. The molecule has 13 nitrogen and oxygen atoms in total. The molecule has 0 aromatic carbocycles. The van der Waals surface area contributed by atoms with Crippen LogP contribution in [0, 0.1) is 0 Å². The third kappa shape index (κ3) is 15.9. The zero-order chi connectivity index (χ0) is 33.1. The van der Waals surface area contributed by atoms with Crippen molar-refractivity contribution in [3.05, 3.63) is 24.3 Å². The smallest absolute Gasteiger partial charge is 0.391 e. The summed E-state index contributed by atoms with van der Waals surface area (Å²) in [6.45, 7) is 3.45. The lowest BCUT2D eigenvalue weighted by atomic mass is 9.85. The van der Waals surface area contributed by atoms with Crippen molar-refractivity contribution < 1.29 is 59.0 Å². The van der Waals surface area contributed by atoms with Crippen molar-refractivity contribution in [3.8, 4) is 0 Å². The Morgan fingerprint density at radius 1 is 0.818 bits per heavy atom. The molecule has 8 atom stereocenters. The summed E-state index contributed by atoms with van der Waals surface area (Å²) in [5, 5.41) is 73.0. The summed E-state index contributed by atoms with van der Waals surface area (Å²) < 4.78 is 22.4. The fourth-order valence-electron chi connectivity index (χ4n) is 4.83. The lowest BCUT2D eigenvalue weighted by molar-refractivity contribution is -0.220. The molecule has 9 N–H and O–H groups in total. The van der Waals surface area contributed by atoms with Gasteiger partial charge in [-0.05, 0) is 25.7 Å². The van der Waals surface area contributed by atoms with Crippen LogP contribution in [-0.4, -0.2) is 108 Å². The highest BCUT2D eigenvalue weighted by Gasteiger charge is 2.51. The molecular formula is C30H56NO12P. The summed E-state index contributed by atoms with van der Waals surface area (Å²) in [6, 6.07) is -1.18. The Labute approximate surface area is 261 Å². The third-order valence-corrected chi connectivity index (χ3v) is 8.56. The van der Waals surface area contributed by atoms with E-state index in [9.17, 15) is 50.0 Å². The molecule has 1 saturated carbocycles. The van der Waals surface area contributed by atoms with Crippen LogP contribution in [0.3, 0.4) is 0 Å². The monoisotopic (exact) mass is 653 g/mol. The molecule has 1 rings (SSSR count). The first-order chi connectivity index (χ1) is 20.8. The van der Waals surface area contributed by atoms with Gasteiger partial charge < -0.3 is 46.0 Å². The van der Waals surface area contributed by atoms with Gasteiger partial charge in [0.2, 0.25) is 5.91 Å². The molecule has 0 aromatic heterocycles. The molecule has 8 unspecified atom stereocenters. The number of allylic oxidation sites excluding steroid dienone is 3. The van der Waals surface area contributed by atoms with Gasteiger partial charge in [-0.1, -0.05) is 89.5 Å². The zero-order valence-electron chi connectivity index (χ0n) is 26.1. The largest absolute Gasteiger partial charge is 0.472 e. The Bertz CT molecular complexity index is 874. The van der Waals surface area contributed by atoms with Gasteiger partial charge in [0.05, 0.1) is 31.3 Å². The van der Waals surface area contributed by atoms with E-state index in [1.54, 1.807) is 6.08 Å². The van der Waals surface area contributed by atoms with E-state index in [2.05, 4.69) is 18.3 Å². The number of hydrogen-bond acceptors (Lipinski definition) is 11. The SMILES string of the molecule is CCCCCCCC/C=C\C/C=C\C(O)CC(=O)NC(COP(=O)(O)OC1C(O)C(O)C(O)C(O)C1O)C(O)CCCCC. The highest BCUT2D eigenvalue weighted by Crippen LogP contribution is 2.47. The van der Waals surface area contributed by atoms with E-state index in [4.69, 9.17) is 9.05 Å². The first-order valence-corrected chi connectivity index (χ1v) is 17.4. The molecule has 0 bridgehead atoms. The van der Waals surface area contributed by atoms with Crippen LogP contribution in [-0.2, 0) is 18.4 Å². The number of amides is 1. The molecule has 1 amide bonds. The summed E-state index contributed by atoms with van der Waals surface area (Å²) in [6.07, 6.45) is 4.27. The van der Waals surface area contributed by atoms with E-state index in [-0.39, 0.29) is 12.8 Å². The summed E-state index contributed by atoms with van der Waals surface area (Å²) in [5.41, 5.74) is 0. The number of phosphoric acid groups is 1.